The predicted molar refractivity (Wildman–Crippen MR) is 64.9 cm³/mol. The fourth-order valence-electron chi connectivity index (χ4n) is 2.18. The lowest BCUT2D eigenvalue weighted by Gasteiger charge is -2.22. The Morgan fingerprint density at radius 2 is 2.47 bits per heavy atom. The summed E-state index contributed by atoms with van der Waals surface area (Å²) in [7, 11) is 1.38. The van der Waals surface area contributed by atoms with Crippen molar-refractivity contribution in [2.24, 2.45) is 5.92 Å². The Kier molecular flexibility index (Phi) is 4.09. The number of esters is 1. The highest BCUT2D eigenvalue weighted by Gasteiger charge is 2.14. The Morgan fingerprint density at radius 1 is 1.59 bits per heavy atom. The van der Waals surface area contributed by atoms with E-state index in [9.17, 15) is 4.79 Å². The summed E-state index contributed by atoms with van der Waals surface area (Å²) in [6.07, 6.45) is 5.07. The predicted octanol–water partition coefficient (Wildman–Crippen LogP) is 1.41. The molecule has 1 fully saturated rings. The van der Waals surface area contributed by atoms with Crippen LogP contribution in [0.2, 0.25) is 0 Å². The third kappa shape index (κ3) is 3.27. The monoisotopic (exact) mass is 234 g/mol. The summed E-state index contributed by atoms with van der Waals surface area (Å²) in [5.41, 5.74) is 1.56. The number of nitrogens with zero attached hydrogens (tertiary/aromatic N) is 1. The summed E-state index contributed by atoms with van der Waals surface area (Å²) in [6, 6.07) is 3.70. The number of pyridine rings is 1. The highest BCUT2D eigenvalue weighted by Crippen LogP contribution is 2.15. The molecular weight excluding hydrogens is 216 g/mol. The first kappa shape index (κ1) is 12.0. The minimum absolute atomic E-state index is 0.330. The molecule has 0 spiro atoms. The molecule has 1 aromatic rings. The fraction of sp³-hybridized carbons (Fsp3) is 0.538. The van der Waals surface area contributed by atoms with E-state index in [0.29, 0.717) is 11.5 Å². The van der Waals surface area contributed by atoms with E-state index in [2.05, 4.69) is 15.0 Å². The maximum absolute atomic E-state index is 11.2. The maximum Gasteiger partial charge on any atom is 0.339 e. The largest absolute Gasteiger partial charge is 0.465 e. The number of hydrogen-bond acceptors (Lipinski definition) is 4. The molecular formula is C13H18N2O2. The van der Waals surface area contributed by atoms with E-state index in [1.54, 1.807) is 12.3 Å². The summed E-state index contributed by atoms with van der Waals surface area (Å²) in [6.45, 7) is 2.20. The van der Waals surface area contributed by atoms with Gasteiger partial charge in [-0.1, -0.05) is 0 Å². The molecule has 4 heteroatoms. The van der Waals surface area contributed by atoms with E-state index in [-0.39, 0.29) is 5.97 Å². The summed E-state index contributed by atoms with van der Waals surface area (Å²) in [5, 5.41) is 3.39. The van der Waals surface area contributed by atoms with E-state index >= 15 is 0 Å². The Hall–Kier alpha value is -1.42. The molecule has 1 aliphatic rings. The molecule has 0 bridgehead atoms. The van der Waals surface area contributed by atoms with Gasteiger partial charge in [-0.15, -0.1) is 0 Å². The Bertz CT molecular complexity index is 370. The molecule has 1 unspecified atom stereocenters. The lowest BCUT2D eigenvalue weighted by molar-refractivity contribution is 0.0600. The molecule has 0 aliphatic carbocycles. The highest BCUT2D eigenvalue weighted by atomic mass is 16.5. The van der Waals surface area contributed by atoms with Crippen LogP contribution >= 0.6 is 0 Å². The van der Waals surface area contributed by atoms with Gasteiger partial charge in [-0.25, -0.2) is 4.79 Å². The van der Waals surface area contributed by atoms with Crippen LogP contribution in [0.5, 0.6) is 0 Å². The number of carbonyl (C=O) groups excluding carboxylic acids is 1. The molecule has 0 saturated carbocycles. The molecule has 17 heavy (non-hydrogen) atoms. The first-order valence-corrected chi connectivity index (χ1v) is 6.03. The molecule has 1 atom stereocenters. The van der Waals surface area contributed by atoms with Gasteiger partial charge >= 0.3 is 5.97 Å². The zero-order valence-corrected chi connectivity index (χ0v) is 10.1. The van der Waals surface area contributed by atoms with Gasteiger partial charge in [0.1, 0.15) is 0 Å². The van der Waals surface area contributed by atoms with E-state index < -0.39 is 0 Å². The Balaban J connectivity index is 1.95. The van der Waals surface area contributed by atoms with Crippen LogP contribution in [-0.4, -0.2) is 31.2 Å². The van der Waals surface area contributed by atoms with Gasteiger partial charge in [-0.2, -0.15) is 0 Å². The van der Waals surface area contributed by atoms with Crippen LogP contribution in [0.4, 0.5) is 0 Å². The third-order valence-electron chi connectivity index (χ3n) is 3.14. The number of methoxy groups -OCH3 is 1. The van der Waals surface area contributed by atoms with Crippen molar-refractivity contribution >= 4 is 5.97 Å². The summed E-state index contributed by atoms with van der Waals surface area (Å²) in [5.74, 6) is 0.337. The molecule has 1 aliphatic heterocycles. The first-order valence-electron chi connectivity index (χ1n) is 6.03. The summed E-state index contributed by atoms with van der Waals surface area (Å²) >= 11 is 0. The van der Waals surface area contributed by atoms with Gasteiger partial charge in [0, 0.05) is 11.9 Å². The second-order valence-electron chi connectivity index (χ2n) is 4.45. The Labute approximate surface area is 101 Å². The van der Waals surface area contributed by atoms with Crippen molar-refractivity contribution in [3.63, 3.8) is 0 Å². The van der Waals surface area contributed by atoms with Gasteiger partial charge in [0.15, 0.2) is 0 Å². The van der Waals surface area contributed by atoms with E-state index in [4.69, 9.17) is 0 Å². The zero-order chi connectivity index (χ0) is 12.1. The molecule has 0 aromatic carbocycles. The lowest BCUT2D eigenvalue weighted by atomic mass is 9.94. The van der Waals surface area contributed by atoms with Crippen LogP contribution in [0.1, 0.15) is 28.9 Å². The molecule has 0 amide bonds. The number of aromatic nitrogens is 1. The molecule has 92 valence electrons. The first-order chi connectivity index (χ1) is 8.29. The van der Waals surface area contributed by atoms with E-state index in [0.717, 1.165) is 25.2 Å². The van der Waals surface area contributed by atoms with Crippen molar-refractivity contribution in [1.29, 1.82) is 0 Å². The zero-order valence-electron chi connectivity index (χ0n) is 10.1. The maximum atomic E-state index is 11.2. The quantitative estimate of drug-likeness (QED) is 0.803. The van der Waals surface area contributed by atoms with Gasteiger partial charge in [0.25, 0.3) is 0 Å². The average molecular weight is 234 g/mol. The molecule has 0 radical (unpaired) electrons. The molecule has 1 aromatic heterocycles. The van der Waals surface area contributed by atoms with Gasteiger partial charge in [-0.05, 0) is 50.4 Å². The van der Waals surface area contributed by atoms with Crippen LogP contribution in [0.3, 0.4) is 0 Å². The van der Waals surface area contributed by atoms with Gasteiger partial charge in [0.05, 0.1) is 12.7 Å². The average Bonchev–Trinajstić information content (AvgIpc) is 2.40. The van der Waals surface area contributed by atoms with Crippen LogP contribution in [0.15, 0.2) is 18.3 Å². The number of nitrogens with one attached hydrogen (secondary N) is 1. The molecule has 4 nitrogen and oxygen atoms in total. The van der Waals surface area contributed by atoms with Crippen molar-refractivity contribution < 1.29 is 9.53 Å². The topological polar surface area (TPSA) is 51.2 Å². The molecule has 2 heterocycles. The smallest absolute Gasteiger partial charge is 0.339 e. The Morgan fingerprint density at radius 3 is 3.06 bits per heavy atom. The molecule has 2 rings (SSSR count). The van der Waals surface area contributed by atoms with Crippen LogP contribution in [0, 0.1) is 5.92 Å². The molecule has 1 N–H and O–H groups in total. The van der Waals surface area contributed by atoms with Crippen molar-refractivity contribution in [1.82, 2.24) is 10.3 Å². The van der Waals surface area contributed by atoms with Gasteiger partial charge < -0.3 is 10.1 Å². The SMILES string of the molecule is COC(=O)c1ccc(CC2CCCNC2)nc1. The number of hydrogen-bond donors (Lipinski definition) is 1. The van der Waals surface area contributed by atoms with Crippen LogP contribution < -0.4 is 5.32 Å². The molecule has 1 saturated heterocycles. The highest BCUT2D eigenvalue weighted by molar-refractivity contribution is 5.88. The normalized spacial score (nSPS) is 19.9. The summed E-state index contributed by atoms with van der Waals surface area (Å²) < 4.78 is 4.64. The minimum Gasteiger partial charge on any atom is -0.465 e. The van der Waals surface area contributed by atoms with Gasteiger partial charge in [0.2, 0.25) is 0 Å². The second kappa shape index (κ2) is 5.77. The van der Waals surface area contributed by atoms with Crippen molar-refractivity contribution in [3.8, 4) is 0 Å². The van der Waals surface area contributed by atoms with Crippen molar-refractivity contribution in [3.05, 3.63) is 29.6 Å². The van der Waals surface area contributed by atoms with Crippen LogP contribution in [-0.2, 0) is 11.2 Å². The number of ether oxygens (including phenoxy) is 1. The number of carbonyl (C=O) groups is 1. The second-order valence-corrected chi connectivity index (χ2v) is 4.45. The number of piperidine rings is 1. The fourth-order valence-corrected chi connectivity index (χ4v) is 2.18. The number of rotatable bonds is 3. The van der Waals surface area contributed by atoms with Crippen LogP contribution in [0.25, 0.3) is 0 Å². The lowest BCUT2D eigenvalue weighted by Crippen LogP contribution is -2.31. The summed E-state index contributed by atoms with van der Waals surface area (Å²) in [4.78, 5) is 15.6. The van der Waals surface area contributed by atoms with Gasteiger partial charge in [-0.3, -0.25) is 4.98 Å². The van der Waals surface area contributed by atoms with Crippen molar-refractivity contribution in [2.45, 2.75) is 19.3 Å². The van der Waals surface area contributed by atoms with Crippen molar-refractivity contribution in [2.75, 3.05) is 20.2 Å². The van der Waals surface area contributed by atoms with E-state index in [1.807, 2.05) is 6.07 Å². The minimum atomic E-state index is -0.330. The third-order valence-corrected chi connectivity index (χ3v) is 3.14. The van der Waals surface area contributed by atoms with E-state index in [1.165, 1.54) is 20.0 Å². The standard InChI is InChI=1S/C13H18N2O2/c1-17-13(16)11-4-5-12(15-9-11)7-10-3-2-6-14-8-10/h4-5,9-10,14H,2-3,6-8H2,1H3.